The van der Waals surface area contributed by atoms with E-state index in [4.69, 9.17) is 5.73 Å². The van der Waals surface area contributed by atoms with Crippen LogP contribution in [-0.2, 0) is 4.79 Å². The number of benzene rings is 1. The maximum absolute atomic E-state index is 11.7. The number of carbonyl (C=O) groups is 1. The second-order valence-corrected chi connectivity index (χ2v) is 4.91. The van der Waals surface area contributed by atoms with Gasteiger partial charge in [-0.2, -0.15) is 0 Å². The third-order valence-electron chi connectivity index (χ3n) is 3.67. The van der Waals surface area contributed by atoms with E-state index in [2.05, 4.69) is 0 Å². The zero-order chi connectivity index (χ0) is 12.3. The fourth-order valence-electron chi connectivity index (χ4n) is 2.84. The second-order valence-electron chi connectivity index (χ2n) is 4.91. The maximum Gasteiger partial charge on any atom is 0.227 e. The molecule has 1 aromatic carbocycles. The fourth-order valence-corrected chi connectivity index (χ4v) is 2.84. The van der Waals surface area contributed by atoms with Crippen molar-refractivity contribution in [2.24, 2.45) is 5.73 Å². The van der Waals surface area contributed by atoms with E-state index >= 15 is 0 Å². The number of rotatable bonds is 3. The number of nitrogens with two attached hydrogens (primary N) is 1. The van der Waals surface area contributed by atoms with Gasteiger partial charge < -0.3 is 10.8 Å². The molecule has 92 valence electrons. The van der Waals surface area contributed by atoms with Gasteiger partial charge >= 0.3 is 0 Å². The molecule has 1 aromatic rings. The van der Waals surface area contributed by atoms with Gasteiger partial charge in [0.15, 0.2) is 0 Å². The lowest BCUT2D eigenvalue weighted by Gasteiger charge is -2.37. The summed E-state index contributed by atoms with van der Waals surface area (Å²) in [7, 11) is 0. The standard InChI is InChI=1S/C14H19NO2/c15-13(16)12(11-7-3-1-4-8-11)14(17)9-5-2-6-10-14/h1,3-4,7-8,12,17H,2,5-6,9-10H2,(H2,15,16)/t12-/m1/s1. The van der Waals surface area contributed by atoms with Crippen molar-refractivity contribution in [3.05, 3.63) is 35.9 Å². The molecule has 1 aliphatic carbocycles. The summed E-state index contributed by atoms with van der Waals surface area (Å²) >= 11 is 0. The summed E-state index contributed by atoms with van der Waals surface area (Å²) in [6.45, 7) is 0. The smallest absolute Gasteiger partial charge is 0.227 e. The van der Waals surface area contributed by atoms with E-state index < -0.39 is 17.4 Å². The van der Waals surface area contributed by atoms with Crippen LogP contribution in [0.4, 0.5) is 0 Å². The summed E-state index contributed by atoms with van der Waals surface area (Å²) in [5.74, 6) is -1.01. The molecule has 17 heavy (non-hydrogen) atoms. The lowest BCUT2D eigenvalue weighted by Crippen LogP contribution is -2.44. The molecule has 2 rings (SSSR count). The predicted octanol–water partition coefficient (Wildman–Crippen LogP) is 1.95. The van der Waals surface area contributed by atoms with Crippen LogP contribution in [-0.4, -0.2) is 16.6 Å². The molecule has 1 fully saturated rings. The summed E-state index contributed by atoms with van der Waals surface area (Å²) in [5, 5.41) is 10.7. The zero-order valence-electron chi connectivity index (χ0n) is 9.93. The normalized spacial score (nSPS) is 20.8. The lowest BCUT2D eigenvalue weighted by atomic mass is 9.72. The van der Waals surface area contributed by atoms with Gasteiger partial charge in [0.1, 0.15) is 0 Å². The topological polar surface area (TPSA) is 63.3 Å². The minimum absolute atomic E-state index is 0.430. The Labute approximate surface area is 102 Å². The van der Waals surface area contributed by atoms with Crippen molar-refractivity contribution in [2.75, 3.05) is 0 Å². The summed E-state index contributed by atoms with van der Waals surface area (Å²) in [4.78, 5) is 11.7. The molecule has 3 nitrogen and oxygen atoms in total. The molecule has 0 heterocycles. The van der Waals surface area contributed by atoms with Crippen LogP contribution in [0.25, 0.3) is 0 Å². The monoisotopic (exact) mass is 233 g/mol. The van der Waals surface area contributed by atoms with Crippen molar-refractivity contribution in [3.8, 4) is 0 Å². The lowest BCUT2D eigenvalue weighted by molar-refractivity contribution is -0.127. The van der Waals surface area contributed by atoms with Gasteiger partial charge in [-0.25, -0.2) is 0 Å². The number of aliphatic hydroxyl groups is 1. The number of amides is 1. The Morgan fingerprint density at radius 1 is 1.18 bits per heavy atom. The first-order chi connectivity index (χ1) is 8.13. The van der Waals surface area contributed by atoms with Crippen LogP contribution in [0.1, 0.15) is 43.6 Å². The number of hydrogen-bond donors (Lipinski definition) is 2. The van der Waals surface area contributed by atoms with E-state index in [1.54, 1.807) is 0 Å². The van der Waals surface area contributed by atoms with E-state index in [1.807, 2.05) is 30.3 Å². The van der Waals surface area contributed by atoms with Crippen LogP contribution in [0, 0.1) is 0 Å². The van der Waals surface area contributed by atoms with Crippen molar-refractivity contribution in [3.63, 3.8) is 0 Å². The molecule has 1 saturated carbocycles. The average Bonchev–Trinajstić information content (AvgIpc) is 2.30. The number of hydrogen-bond acceptors (Lipinski definition) is 2. The van der Waals surface area contributed by atoms with E-state index in [0.29, 0.717) is 12.8 Å². The Balaban J connectivity index is 2.32. The maximum atomic E-state index is 11.7. The SMILES string of the molecule is NC(=O)[C@@H](c1ccccc1)C1(O)CCCCC1. The zero-order valence-corrected chi connectivity index (χ0v) is 9.93. The minimum Gasteiger partial charge on any atom is -0.389 e. The van der Waals surface area contributed by atoms with Crippen LogP contribution >= 0.6 is 0 Å². The van der Waals surface area contributed by atoms with Crippen LogP contribution < -0.4 is 5.73 Å². The van der Waals surface area contributed by atoms with Crippen molar-refractivity contribution in [1.82, 2.24) is 0 Å². The minimum atomic E-state index is -0.953. The van der Waals surface area contributed by atoms with Gasteiger partial charge in [-0.3, -0.25) is 4.79 Å². The number of primary amides is 1. The van der Waals surface area contributed by atoms with Gasteiger partial charge in [0.05, 0.1) is 11.5 Å². The summed E-state index contributed by atoms with van der Waals surface area (Å²) in [5.41, 5.74) is 5.36. The van der Waals surface area contributed by atoms with Gasteiger partial charge in [-0.1, -0.05) is 49.6 Å². The largest absolute Gasteiger partial charge is 0.389 e. The molecule has 0 aliphatic heterocycles. The Morgan fingerprint density at radius 3 is 2.29 bits per heavy atom. The highest BCUT2D eigenvalue weighted by Crippen LogP contribution is 2.39. The molecular weight excluding hydrogens is 214 g/mol. The Hall–Kier alpha value is -1.35. The molecule has 0 saturated heterocycles. The van der Waals surface area contributed by atoms with Crippen LogP contribution in [0.3, 0.4) is 0 Å². The molecule has 3 N–H and O–H groups in total. The van der Waals surface area contributed by atoms with Crippen LogP contribution in [0.15, 0.2) is 30.3 Å². The molecule has 1 aliphatic rings. The highest BCUT2D eigenvalue weighted by Gasteiger charge is 2.41. The van der Waals surface area contributed by atoms with Crippen molar-refractivity contribution in [1.29, 1.82) is 0 Å². The second kappa shape index (κ2) is 4.88. The average molecular weight is 233 g/mol. The van der Waals surface area contributed by atoms with Crippen molar-refractivity contribution < 1.29 is 9.90 Å². The third kappa shape index (κ3) is 2.50. The molecule has 1 atom stereocenters. The molecule has 0 unspecified atom stereocenters. The number of carbonyl (C=O) groups excluding carboxylic acids is 1. The molecule has 0 spiro atoms. The van der Waals surface area contributed by atoms with Gasteiger partial charge in [0.25, 0.3) is 0 Å². The highest BCUT2D eigenvalue weighted by atomic mass is 16.3. The van der Waals surface area contributed by atoms with E-state index in [9.17, 15) is 9.90 Å². The van der Waals surface area contributed by atoms with Crippen molar-refractivity contribution in [2.45, 2.75) is 43.6 Å². The fraction of sp³-hybridized carbons (Fsp3) is 0.500. The van der Waals surface area contributed by atoms with Gasteiger partial charge in [0.2, 0.25) is 5.91 Å². The molecule has 0 aromatic heterocycles. The Morgan fingerprint density at radius 2 is 1.76 bits per heavy atom. The van der Waals surface area contributed by atoms with Gasteiger partial charge in [-0.05, 0) is 18.4 Å². The highest BCUT2D eigenvalue weighted by molar-refractivity contribution is 5.83. The summed E-state index contributed by atoms with van der Waals surface area (Å²) in [6.07, 6.45) is 4.38. The van der Waals surface area contributed by atoms with Crippen molar-refractivity contribution >= 4 is 5.91 Å². The molecule has 1 amide bonds. The van der Waals surface area contributed by atoms with Gasteiger partial charge in [0, 0.05) is 0 Å². The Bertz CT molecular complexity index is 382. The predicted molar refractivity (Wildman–Crippen MR) is 66.4 cm³/mol. The first-order valence-corrected chi connectivity index (χ1v) is 6.20. The van der Waals surface area contributed by atoms with Crippen LogP contribution in [0.5, 0.6) is 0 Å². The van der Waals surface area contributed by atoms with E-state index in [-0.39, 0.29) is 0 Å². The molecule has 0 radical (unpaired) electrons. The van der Waals surface area contributed by atoms with Crippen LogP contribution in [0.2, 0.25) is 0 Å². The quantitative estimate of drug-likeness (QED) is 0.838. The molecular formula is C14H19NO2. The van der Waals surface area contributed by atoms with Gasteiger partial charge in [-0.15, -0.1) is 0 Å². The first kappa shape index (κ1) is 12.1. The third-order valence-corrected chi connectivity index (χ3v) is 3.67. The summed E-state index contributed by atoms with van der Waals surface area (Å²) < 4.78 is 0. The van der Waals surface area contributed by atoms with E-state index in [1.165, 1.54) is 0 Å². The first-order valence-electron chi connectivity index (χ1n) is 6.20. The Kier molecular flexibility index (Phi) is 3.48. The summed E-state index contributed by atoms with van der Waals surface area (Å²) in [6, 6.07) is 9.37. The van der Waals surface area contributed by atoms with E-state index in [0.717, 1.165) is 24.8 Å². The molecule has 0 bridgehead atoms. The molecule has 3 heteroatoms.